The average Bonchev–Trinajstić information content (AvgIpc) is 2.52. The van der Waals surface area contributed by atoms with Crippen LogP contribution >= 0.6 is 0 Å². The van der Waals surface area contributed by atoms with Crippen molar-refractivity contribution < 1.29 is 5.11 Å². The Hall–Kier alpha value is -0.0800. The smallest absolute Gasteiger partial charge is 0.0558 e. The quantitative estimate of drug-likeness (QED) is 0.604. The van der Waals surface area contributed by atoms with Crippen LogP contribution in [0.5, 0.6) is 0 Å². The van der Waals surface area contributed by atoms with E-state index in [-0.39, 0.29) is 0 Å². The Bertz CT molecular complexity index is 131. The van der Waals surface area contributed by atoms with Crippen molar-refractivity contribution in [1.82, 2.24) is 4.90 Å². The summed E-state index contributed by atoms with van der Waals surface area (Å²) in [6, 6.07) is 0. The lowest BCUT2D eigenvalue weighted by molar-refractivity contribution is 0.216. The summed E-state index contributed by atoms with van der Waals surface area (Å²) in [4.78, 5) is 2.38. The second-order valence-corrected chi connectivity index (χ2v) is 3.75. The van der Waals surface area contributed by atoms with Crippen molar-refractivity contribution in [3.63, 3.8) is 0 Å². The van der Waals surface area contributed by atoms with Crippen molar-refractivity contribution >= 4 is 0 Å². The molecule has 0 aromatic rings. The molecule has 1 N–H and O–H groups in total. The average molecular weight is 141 g/mol. The summed E-state index contributed by atoms with van der Waals surface area (Å²) in [5.41, 5.74) is 0.731. The van der Waals surface area contributed by atoms with Gasteiger partial charge in [0.05, 0.1) is 6.61 Å². The van der Waals surface area contributed by atoms with Gasteiger partial charge in [0.15, 0.2) is 0 Å². The lowest BCUT2D eigenvalue weighted by Gasteiger charge is -2.12. The molecule has 2 aliphatic rings. The maximum absolute atomic E-state index is 8.68. The molecule has 1 heterocycles. The predicted octanol–water partition coefficient (Wildman–Crippen LogP) is 0.465. The SMILES string of the molecule is OCCN1CCC2(CC2)C1. The molecule has 1 aliphatic carbocycles. The molecule has 58 valence electrons. The first-order chi connectivity index (χ1) is 4.85. The van der Waals surface area contributed by atoms with Crippen LogP contribution in [0.1, 0.15) is 19.3 Å². The van der Waals surface area contributed by atoms with Gasteiger partial charge in [0, 0.05) is 13.1 Å². The van der Waals surface area contributed by atoms with Gasteiger partial charge in [-0.25, -0.2) is 0 Å². The molecule has 0 aromatic heterocycles. The van der Waals surface area contributed by atoms with E-state index in [9.17, 15) is 0 Å². The number of aliphatic hydroxyl groups excluding tert-OH is 1. The van der Waals surface area contributed by atoms with Gasteiger partial charge in [-0.1, -0.05) is 0 Å². The third-order valence-corrected chi connectivity index (χ3v) is 2.89. The molecule has 1 spiro atoms. The Morgan fingerprint density at radius 2 is 2.10 bits per heavy atom. The van der Waals surface area contributed by atoms with Crippen molar-refractivity contribution in [2.45, 2.75) is 19.3 Å². The summed E-state index contributed by atoms with van der Waals surface area (Å²) in [5.74, 6) is 0. The molecule has 0 aromatic carbocycles. The standard InChI is InChI=1S/C8H15NO/c10-6-5-9-4-3-8(7-9)1-2-8/h10H,1-7H2. The first-order valence-electron chi connectivity index (χ1n) is 4.18. The van der Waals surface area contributed by atoms with Crippen LogP contribution in [0.4, 0.5) is 0 Å². The normalized spacial score (nSPS) is 29.7. The second kappa shape index (κ2) is 2.21. The minimum atomic E-state index is 0.329. The Labute approximate surface area is 61.8 Å². The highest BCUT2D eigenvalue weighted by Crippen LogP contribution is 2.52. The number of aliphatic hydroxyl groups is 1. The van der Waals surface area contributed by atoms with Crippen molar-refractivity contribution in [3.05, 3.63) is 0 Å². The third kappa shape index (κ3) is 1.06. The van der Waals surface area contributed by atoms with Gasteiger partial charge < -0.3 is 10.0 Å². The lowest BCUT2D eigenvalue weighted by Crippen LogP contribution is -2.24. The van der Waals surface area contributed by atoms with E-state index in [2.05, 4.69) is 4.90 Å². The number of likely N-dealkylation sites (tertiary alicyclic amines) is 1. The first kappa shape index (κ1) is 6.62. The third-order valence-electron chi connectivity index (χ3n) is 2.89. The molecule has 1 saturated carbocycles. The summed E-state index contributed by atoms with van der Waals surface area (Å²) >= 11 is 0. The van der Waals surface area contributed by atoms with Gasteiger partial charge in [0.2, 0.25) is 0 Å². The minimum absolute atomic E-state index is 0.329. The lowest BCUT2D eigenvalue weighted by atomic mass is 10.1. The largest absolute Gasteiger partial charge is 0.395 e. The van der Waals surface area contributed by atoms with Crippen molar-refractivity contribution in [2.24, 2.45) is 5.41 Å². The van der Waals surface area contributed by atoms with Gasteiger partial charge in [0.1, 0.15) is 0 Å². The van der Waals surface area contributed by atoms with Crippen molar-refractivity contribution in [2.75, 3.05) is 26.2 Å². The highest BCUT2D eigenvalue weighted by Gasteiger charge is 2.47. The van der Waals surface area contributed by atoms with E-state index in [1.807, 2.05) is 0 Å². The van der Waals surface area contributed by atoms with E-state index in [4.69, 9.17) is 5.11 Å². The van der Waals surface area contributed by atoms with Gasteiger partial charge in [-0.2, -0.15) is 0 Å². The second-order valence-electron chi connectivity index (χ2n) is 3.75. The molecule has 0 bridgehead atoms. The Balaban J connectivity index is 1.82. The fraction of sp³-hybridized carbons (Fsp3) is 1.00. The topological polar surface area (TPSA) is 23.5 Å². The van der Waals surface area contributed by atoms with Crippen LogP contribution in [0, 0.1) is 5.41 Å². The molecule has 0 radical (unpaired) electrons. The molecule has 0 unspecified atom stereocenters. The monoisotopic (exact) mass is 141 g/mol. The molecule has 0 atom stereocenters. The van der Waals surface area contributed by atoms with Crippen LogP contribution in [0.3, 0.4) is 0 Å². The zero-order chi connectivity index (χ0) is 7.03. The summed E-state index contributed by atoms with van der Waals surface area (Å²) < 4.78 is 0. The molecule has 2 rings (SSSR count). The molecule has 2 heteroatoms. The number of hydrogen-bond donors (Lipinski definition) is 1. The highest BCUT2D eigenvalue weighted by molar-refractivity contribution is 5.00. The molecule has 0 amide bonds. The Morgan fingerprint density at radius 3 is 2.60 bits per heavy atom. The van der Waals surface area contributed by atoms with Crippen molar-refractivity contribution in [1.29, 1.82) is 0 Å². The van der Waals surface area contributed by atoms with Gasteiger partial charge in [-0.15, -0.1) is 0 Å². The van der Waals surface area contributed by atoms with Crippen LogP contribution in [0.15, 0.2) is 0 Å². The van der Waals surface area contributed by atoms with E-state index in [1.165, 1.54) is 32.4 Å². The highest BCUT2D eigenvalue weighted by atomic mass is 16.3. The number of rotatable bonds is 2. The van der Waals surface area contributed by atoms with Crippen LogP contribution in [-0.4, -0.2) is 36.2 Å². The van der Waals surface area contributed by atoms with Gasteiger partial charge in [-0.3, -0.25) is 0 Å². The molecular weight excluding hydrogens is 126 g/mol. The zero-order valence-electron chi connectivity index (χ0n) is 6.34. The first-order valence-corrected chi connectivity index (χ1v) is 4.18. The van der Waals surface area contributed by atoms with E-state index >= 15 is 0 Å². The maximum Gasteiger partial charge on any atom is 0.0558 e. The molecule has 1 saturated heterocycles. The van der Waals surface area contributed by atoms with Gasteiger partial charge in [0.25, 0.3) is 0 Å². The summed E-state index contributed by atoms with van der Waals surface area (Å²) in [5, 5.41) is 8.68. The Kier molecular flexibility index (Phi) is 1.46. The molecule has 10 heavy (non-hydrogen) atoms. The Morgan fingerprint density at radius 1 is 1.30 bits per heavy atom. The molecule has 2 nitrogen and oxygen atoms in total. The summed E-state index contributed by atoms with van der Waals surface area (Å²) in [7, 11) is 0. The molecular formula is C8H15NO. The zero-order valence-corrected chi connectivity index (χ0v) is 6.34. The molecule has 1 aliphatic heterocycles. The van der Waals surface area contributed by atoms with Crippen LogP contribution in [0.2, 0.25) is 0 Å². The maximum atomic E-state index is 8.68. The summed E-state index contributed by atoms with van der Waals surface area (Å²) in [6.07, 6.45) is 4.26. The van der Waals surface area contributed by atoms with E-state index < -0.39 is 0 Å². The number of hydrogen-bond acceptors (Lipinski definition) is 2. The van der Waals surface area contributed by atoms with Gasteiger partial charge >= 0.3 is 0 Å². The predicted molar refractivity (Wildman–Crippen MR) is 39.8 cm³/mol. The van der Waals surface area contributed by atoms with Crippen LogP contribution < -0.4 is 0 Å². The van der Waals surface area contributed by atoms with Crippen LogP contribution in [0.25, 0.3) is 0 Å². The number of nitrogens with zero attached hydrogens (tertiary/aromatic N) is 1. The molecule has 2 fully saturated rings. The van der Waals surface area contributed by atoms with Gasteiger partial charge in [-0.05, 0) is 31.2 Å². The summed E-state index contributed by atoms with van der Waals surface area (Å²) in [6.45, 7) is 3.70. The van der Waals surface area contributed by atoms with Crippen LogP contribution in [-0.2, 0) is 0 Å². The fourth-order valence-electron chi connectivity index (χ4n) is 1.94. The van der Waals surface area contributed by atoms with Crippen molar-refractivity contribution in [3.8, 4) is 0 Å². The minimum Gasteiger partial charge on any atom is -0.395 e. The fourth-order valence-corrected chi connectivity index (χ4v) is 1.94. The van der Waals surface area contributed by atoms with E-state index in [0.29, 0.717) is 6.61 Å². The van der Waals surface area contributed by atoms with E-state index in [0.717, 1.165) is 12.0 Å². The van der Waals surface area contributed by atoms with E-state index in [1.54, 1.807) is 0 Å². The number of β-amino-alcohol motifs (C(OH)–C–C–N with tert-alkyl or cyclic N) is 1.